The monoisotopic (exact) mass is 345 g/mol. The number of rotatable bonds is 5. The molecule has 2 atom stereocenters. The first-order valence-corrected chi connectivity index (χ1v) is 8.36. The Balaban J connectivity index is 1.97. The van der Waals surface area contributed by atoms with Crippen LogP contribution in [0.5, 0.6) is 5.75 Å². The first-order chi connectivity index (χ1) is 9.04. The summed E-state index contributed by atoms with van der Waals surface area (Å²) >= 11 is 5.39. The van der Waals surface area contributed by atoms with Crippen LogP contribution in [0, 0.1) is 0 Å². The van der Waals surface area contributed by atoms with Crippen molar-refractivity contribution in [2.45, 2.75) is 25.0 Å². The molecule has 19 heavy (non-hydrogen) atoms. The molecule has 3 nitrogen and oxygen atoms in total. The van der Waals surface area contributed by atoms with Gasteiger partial charge >= 0.3 is 0 Å². The minimum Gasteiger partial charge on any atom is -0.497 e. The summed E-state index contributed by atoms with van der Waals surface area (Å²) in [6, 6.07) is 6.16. The van der Waals surface area contributed by atoms with Gasteiger partial charge in [0.05, 0.1) is 12.7 Å². The second-order valence-electron chi connectivity index (χ2n) is 5.02. The van der Waals surface area contributed by atoms with Crippen LogP contribution >= 0.6 is 27.7 Å². The summed E-state index contributed by atoms with van der Waals surface area (Å²) < 4.78 is 6.22. The Morgan fingerprint density at radius 3 is 2.95 bits per heavy atom. The van der Waals surface area contributed by atoms with Crippen LogP contribution in [-0.4, -0.2) is 35.9 Å². The van der Waals surface area contributed by atoms with Crippen molar-refractivity contribution in [1.29, 1.82) is 0 Å². The Kier molecular flexibility index (Phi) is 5.17. The number of hydrogen-bond acceptors (Lipinski definition) is 4. The van der Waals surface area contributed by atoms with Crippen LogP contribution in [0.3, 0.4) is 0 Å². The maximum absolute atomic E-state index is 10.3. The fourth-order valence-corrected chi connectivity index (χ4v) is 4.17. The molecule has 106 valence electrons. The number of aliphatic hydroxyl groups is 1. The van der Waals surface area contributed by atoms with E-state index in [2.05, 4.69) is 28.2 Å². The molecule has 0 unspecified atom stereocenters. The van der Waals surface area contributed by atoms with Gasteiger partial charge in [0.2, 0.25) is 0 Å². The topological polar surface area (TPSA) is 41.5 Å². The third kappa shape index (κ3) is 3.88. The predicted octanol–water partition coefficient (Wildman–Crippen LogP) is 2.98. The van der Waals surface area contributed by atoms with Gasteiger partial charge in [-0.1, -0.05) is 22.0 Å². The second-order valence-corrected chi connectivity index (χ2v) is 6.98. The fraction of sp³-hybridized carbons (Fsp3) is 0.571. The summed E-state index contributed by atoms with van der Waals surface area (Å²) in [6.45, 7) is 2.75. The van der Waals surface area contributed by atoms with Gasteiger partial charge in [0, 0.05) is 22.8 Å². The normalized spacial score (nSPS) is 24.4. The van der Waals surface area contributed by atoms with Crippen molar-refractivity contribution in [3.05, 3.63) is 28.2 Å². The first kappa shape index (κ1) is 15.2. The van der Waals surface area contributed by atoms with Gasteiger partial charge in [-0.3, -0.25) is 0 Å². The molecule has 1 saturated heterocycles. The minimum atomic E-state index is -0.544. The van der Waals surface area contributed by atoms with Gasteiger partial charge < -0.3 is 15.2 Å². The molecule has 0 amide bonds. The Hall–Kier alpha value is -0.230. The van der Waals surface area contributed by atoms with Crippen LogP contribution in [0.2, 0.25) is 0 Å². The van der Waals surface area contributed by atoms with E-state index in [-0.39, 0.29) is 6.04 Å². The highest BCUT2D eigenvalue weighted by molar-refractivity contribution is 9.10. The maximum Gasteiger partial charge on any atom is 0.120 e. The molecule has 0 saturated carbocycles. The van der Waals surface area contributed by atoms with Crippen molar-refractivity contribution in [3.8, 4) is 5.75 Å². The summed E-state index contributed by atoms with van der Waals surface area (Å²) in [5.74, 6) is 2.73. The molecule has 1 aliphatic heterocycles. The molecule has 0 spiro atoms. The van der Waals surface area contributed by atoms with Gasteiger partial charge in [-0.05, 0) is 36.8 Å². The Bertz CT molecular complexity index is 435. The highest BCUT2D eigenvalue weighted by Crippen LogP contribution is 2.30. The van der Waals surface area contributed by atoms with E-state index in [1.165, 1.54) is 5.56 Å². The lowest BCUT2D eigenvalue weighted by atomic mass is 10.0. The van der Waals surface area contributed by atoms with Crippen molar-refractivity contribution >= 4 is 27.7 Å². The second kappa shape index (κ2) is 6.48. The zero-order chi connectivity index (χ0) is 13.9. The minimum absolute atomic E-state index is 0.190. The fourth-order valence-electron chi connectivity index (χ4n) is 2.17. The summed E-state index contributed by atoms with van der Waals surface area (Å²) in [6.07, 6.45) is 0.876. The average Bonchev–Trinajstić information content (AvgIpc) is 2.83. The lowest BCUT2D eigenvalue weighted by molar-refractivity contribution is 0.0651. The highest BCUT2D eigenvalue weighted by atomic mass is 79.9. The van der Waals surface area contributed by atoms with Crippen molar-refractivity contribution in [3.63, 3.8) is 0 Å². The van der Waals surface area contributed by atoms with Gasteiger partial charge in [0.15, 0.2) is 0 Å². The molecule has 0 radical (unpaired) electrons. The number of hydrogen-bond donors (Lipinski definition) is 2. The standard InChI is InChI=1S/C14H20BrNO2S/c1-10(16-8-14(17)5-6-19-9-14)12-4-3-11(18-2)7-13(12)15/h3-4,7,10,16-17H,5-6,8-9H2,1-2H3/t10-,14-/m1/s1. The maximum atomic E-state index is 10.3. The number of methoxy groups -OCH3 is 1. The Morgan fingerprint density at radius 2 is 2.37 bits per heavy atom. The molecule has 2 N–H and O–H groups in total. The first-order valence-electron chi connectivity index (χ1n) is 6.41. The van der Waals surface area contributed by atoms with Crippen molar-refractivity contribution in [1.82, 2.24) is 5.32 Å². The van der Waals surface area contributed by atoms with Crippen LogP contribution in [0.1, 0.15) is 24.9 Å². The van der Waals surface area contributed by atoms with E-state index in [1.807, 2.05) is 30.0 Å². The van der Waals surface area contributed by atoms with E-state index in [0.29, 0.717) is 6.54 Å². The number of halogens is 1. The van der Waals surface area contributed by atoms with Gasteiger partial charge in [0.1, 0.15) is 5.75 Å². The molecule has 1 aromatic carbocycles. The summed E-state index contributed by atoms with van der Waals surface area (Å²) in [5, 5.41) is 13.7. The Morgan fingerprint density at radius 1 is 1.58 bits per heavy atom. The Labute approximate surface area is 127 Å². The van der Waals surface area contributed by atoms with Crippen LogP contribution < -0.4 is 10.1 Å². The smallest absolute Gasteiger partial charge is 0.120 e. The molecular formula is C14H20BrNO2S. The molecule has 1 aromatic rings. The number of ether oxygens (including phenoxy) is 1. The third-order valence-corrected chi connectivity index (χ3v) is 5.41. The molecule has 1 fully saturated rings. The molecule has 5 heteroatoms. The van der Waals surface area contributed by atoms with E-state index >= 15 is 0 Å². The van der Waals surface area contributed by atoms with Crippen molar-refractivity contribution in [2.75, 3.05) is 25.2 Å². The van der Waals surface area contributed by atoms with Crippen LogP contribution in [0.4, 0.5) is 0 Å². The SMILES string of the molecule is COc1ccc([C@@H](C)NC[C@]2(O)CCSC2)c(Br)c1. The van der Waals surface area contributed by atoms with Crippen LogP contribution in [0.15, 0.2) is 22.7 Å². The quantitative estimate of drug-likeness (QED) is 0.860. The third-order valence-electron chi connectivity index (χ3n) is 3.49. The van der Waals surface area contributed by atoms with Crippen LogP contribution in [0.25, 0.3) is 0 Å². The van der Waals surface area contributed by atoms with Crippen molar-refractivity contribution < 1.29 is 9.84 Å². The number of thioether (sulfide) groups is 1. The summed E-state index contributed by atoms with van der Waals surface area (Å²) in [5.41, 5.74) is 0.632. The van der Waals surface area contributed by atoms with E-state index in [4.69, 9.17) is 4.74 Å². The van der Waals surface area contributed by atoms with E-state index in [9.17, 15) is 5.11 Å². The lowest BCUT2D eigenvalue weighted by Crippen LogP contribution is -2.41. The van der Waals surface area contributed by atoms with Crippen molar-refractivity contribution in [2.24, 2.45) is 0 Å². The predicted molar refractivity (Wildman–Crippen MR) is 84.0 cm³/mol. The van der Waals surface area contributed by atoms with Gasteiger partial charge in [0.25, 0.3) is 0 Å². The van der Waals surface area contributed by atoms with Crippen LogP contribution in [-0.2, 0) is 0 Å². The zero-order valence-corrected chi connectivity index (χ0v) is 13.7. The van der Waals surface area contributed by atoms with E-state index in [1.54, 1.807) is 7.11 Å². The summed E-state index contributed by atoms with van der Waals surface area (Å²) in [7, 11) is 1.66. The average molecular weight is 346 g/mol. The molecule has 0 aromatic heterocycles. The molecular weight excluding hydrogens is 326 g/mol. The largest absolute Gasteiger partial charge is 0.497 e. The molecule has 0 aliphatic carbocycles. The molecule has 0 bridgehead atoms. The highest BCUT2D eigenvalue weighted by Gasteiger charge is 2.31. The molecule has 1 heterocycles. The molecule has 2 rings (SSSR count). The van der Waals surface area contributed by atoms with Gasteiger partial charge in [-0.15, -0.1) is 0 Å². The number of nitrogens with one attached hydrogen (secondary N) is 1. The van der Waals surface area contributed by atoms with Gasteiger partial charge in [-0.2, -0.15) is 11.8 Å². The summed E-state index contributed by atoms with van der Waals surface area (Å²) in [4.78, 5) is 0. The zero-order valence-electron chi connectivity index (χ0n) is 11.3. The van der Waals surface area contributed by atoms with Gasteiger partial charge in [-0.25, -0.2) is 0 Å². The lowest BCUT2D eigenvalue weighted by Gasteiger charge is -2.25. The number of benzene rings is 1. The van der Waals surface area contributed by atoms with E-state index < -0.39 is 5.60 Å². The van der Waals surface area contributed by atoms with E-state index in [0.717, 1.165) is 28.1 Å². The molecule has 1 aliphatic rings.